The second kappa shape index (κ2) is 12.4. The van der Waals surface area contributed by atoms with Crippen molar-refractivity contribution < 1.29 is 13.3 Å². The first-order valence-corrected chi connectivity index (χ1v) is 10.9. The maximum atomic E-state index is 11.2. The van der Waals surface area contributed by atoms with E-state index in [0.717, 1.165) is 17.4 Å². The van der Waals surface area contributed by atoms with Gasteiger partial charge in [-0.3, -0.25) is 10.1 Å². The number of guanidine groups is 1. The van der Waals surface area contributed by atoms with E-state index in [1.807, 2.05) is 31.2 Å². The number of aliphatic imine (C=N–C) groups is 1. The molecule has 0 amide bonds. The summed E-state index contributed by atoms with van der Waals surface area (Å²) in [5.41, 5.74) is 3.10. The predicted molar refractivity (Wildman–Crippen MR) is 129 cm³/mol. The van der Waals surface area contributed by atoms with E-state index >= 15 is 0 Å². The highest BCUT2D eigenvalue weighted by Crippen LogP contribution is 2.11. The third kappa shape index (κ3) is 9.98. The van der Waals surface area contributed by atoms with Crippen LogP contribution < -0.4 is 15.4 Å². The number of hydrogen-bond acceptors (Lipinski definition) is 5. The number of rotatable bonds is 9. The minimum atomic E-state index is -3.25. The SMILES string of the molecule is Cc1ccc(CN=C(NCCNS(C)(=O)=O)NCc2ccc([N+](=O)[O-])cc2)cc1.I. The summed E-state index contributed by atoms with van der Waals surface area (Å²) in [6.07, 6.45) is 1.10. The first-order chi connectivity index (χ1) is 13.7. The van der Waals surface area contributed by atoms with Gasteiger partial charge >= 0.3 is 0 Å². The molecular weight excluding hydrogens is 521 g/mol. The molecule has 0 spiro atoms. The lowest BCUT2D eigenvalue weighted by Gasteiger charge is -2.13. The van der Waals surface area contributed by atoms with Crippen LogP contribution in [-0.2, 0) is 23.1 Å². The van der Waals surface area contributed by atoms with Gasteiger partial charge in [0.05, 0.1) is 17.7 Å². The zero-order valence-electron chi connectivity index (χ0n) is 16.8. The lowest BCUT2D eigenvalue weighted by Crippen LogP contribution is -2.41. The lowest BCUT2D eigenvalue weighted by atomic mass is 10.1. The van der Waals surface area contributed by atoms with Gasteiger partial charge in [0.2, 0.25) is 10.0 Å². The van der Waals surface area contributed by atoms with Gasteiger partial charge in [-0.15, -0.1) is 24.0 Å². The van der Waals surface area contributed by atoms with Gasteiger partial charge < -0.3 is 10.6 Å². The van der Waals surface area contributed by atoms with Crippen molar-refractivity contribution in [3.05, 3.63) is 75.3 Å². The van der Waals surface area contributed by atoms with Crippen LogP contribution in [0.25, 0.3) is 0 Å². The Kier molecular flexibility index (Phi) is 10.7. The summed E-state index contributed by atoms with van der Waals surface area (Å²) in [5.74, 6) is 0.513. The van der Waals surface area contributed by atoms with E-state index in [9.17, 15) is 18.5 Å². The molecule has 0 fully saturated rings. The number of nitro benzene ring substituents is 1. The minimum Gasteiger partial charge on any atom is -0.355 e. The van der Waals surface area contributed by atoms with Gasteiger partial charge in [-0.25, -0.2) is 18.1 Å². The Morgan fingerprint density at radius 1 is 1.00 bits per heavy atom. The van der Waals surface area contributed by atoms with E-state index in [1.165, 1.54) is 17.7 Å². The van der Waals surface area contributed by atoms with Gasteiger partial charge in [0.15, 0.2) is 5.96 Å². The van der Waals surface area contributed by atoms with Crippen LogP contribution in [-0.4, -0.2) is 38.6 Å². The number of halogens is 1. The van der Waals surface area contributed by atoms with Gasteiger partial charge in [0.25, 0.3) is 5.69 Å². The summed E-state index contributed by atoms with van der Waals surface area (Å²) in [4.78, 5) is 14.8. The van der Waals surface area contributed by atoms with Crippen molar-refractivity contribution in [2.45, 2.75) is 20.0 Å². The van der Waals surface area contributed by atoms with Crippen molar-refractivity contribution in [1.82, 2.24) is 15.4 Å². The van der Waals surface area contributed by atoms with Crippen molar-refractivity contribution in [2.24, 2.45) is 4.99 Å². The van der Waals surface area contributed by atoms with Crippen molar-refractivity contribution in [3.63, 3.8) is 0 Å². The quantitative estimate of drug-likeness (QED) is 0.111. The molecule has 0 saturated heterocycles. The molecule has 0 aliphatic carbocycles. The summed E-state index contributed by atoms with van der Waals surface area (Å²) >= 11 is 0. The number of aryl methyl sites for hydroxylation is 1. The normalized spacial score (nSPS) is 11.5. The molecule has 0 radical (unpaired) electrons. The zero-order chi connectivity index (χ0) is 21.3. The molecule has 0 heterocycles. The molecule has 164 valence electrons. The molecule has 0 bridgehead atoms. The molecule has 11 heteroatoms. The van der Waals surface area contributed by atoms with Gasteiger partial charge in [0, 0.05) is 31.8 Å². The second-order valence-corrected chi connectivity index (χ2v) is 8.35. The van der Waals surface area contributed by atoms with Crippen molar-refractivity contribution in [1.29, 1.82) is 0 Å². The smallest absolute Gasteiger partial charge is 0.269 e. The highest BCUT2D eigenvalue weighted by Gasteiger charge is 2.05. The number of nitrogens with one attached hydrogen (secondary N) is 3. The monoisotopic (exact) mass is 547 g/mol. The van der Waals surface area contributed by atoms with Gasteiger partial charge in [-0.05, 0) is 18.1 Å². The minimum absolute atomic E-state index is 0. The molecular formula is C19H26IN5O4S. The molecule has 0 unspecified atom stereocenters. The lowest BCUT2D eigenvalue weighted by molar-refractivity contribution is -0.384. The predicted octanol–water partition coefficient (Wildman–Crippen LogP) is 2.31. The first-order valence-electron chi connectivity index (χ1n) is 8.98. The summed E-state index contributed by atoms with van der Waals surface area (Å²) in [6, 6.07) is 14.3. The Hall–Kier alpha value is -2.25. The van der Waals surface area contributed by atoms with E-state index in [0.29, 0.717) is 25.6 Å². The van der Waals surface area contributed by atoms with Gasteiger partial charge in [0.1, 0.15) is 0 Å². The molecule has 0 atom stereocenters. The molecule has 9 nitrogen and oxygen atoms in total. The van der Waals surface area contributed by atoms with Crippen molar-refractivity contribution >= 4 is 45.6 Å². The molecule has 2 rings (SSSR count). The van der Waals surface area contributed by atoms with Crippen molar-refractivity contribution in [3.8, 4) is 0 Å². The van der Waals surface area contributed by atoms with E-state index in [4.69, 9.17) is 0 Å². The fraction of sp³-hybridized carbons (Fsp3) is 0.316. The average Bonchev–Trinajstić information content (AvgIpc) is 2.67. The second-order valence-electron chi connectivity index (χ2n) is 6.52. The number of benzene rings is 2. The average molecular weight is 547 g/mol. The summed E-state index contributed by atoms with van der Waals surface area (Å²) in [5, 5.41) is 17.0. The summed E-state index contributed by atoms with van der Waals surface area (Å²) in [6.45, 7) is 3.46. The van der Waals surface area contributed by atoms with E-state index in [2.05, 4.69) is 20.3 Å². The van der Waals surface area contributed by atoms with Crippen LogP contribution in [0.15, 0.2) is 53.5 Å². The fourth-order valence-corrected chi connectivity index (χ4v) is 2.85. The Morgan fingerprint density at radius 3 is 2.17 bits per heavy atom. The number of hydrogen-bond donors (Lipinski definition) is 3. The van der Waals surface area contributed by atoms with Crippen LogP contribution in [0.5, 0.6) is 0 Å². The molecule has 0 saturated carbocycles. The fourth-order valence-electron chi connectivity index (χ4n) is 2.38. The largest absolute Gasteiger partial charge is 0.355 e. The first kappa shape index (κ1) is 25.8. The Morgan fingerprint density at radius 2 is 1.60 bits per heavy atom. The third-order valence-corrected chi connectivity index (χ3v) is 4.66. The maximum Gasteiger partial charge on any atom is 0.269 e. The Bertz CT molecular complexity index is 948. The van der Waals surface area contributed by atoms with Crippen LogP contribution in [0.2, 0.25) is 0 Å². The summed E-state index contributed by atoms with van der Waals surface area (Å²) < 4.78 is 24.7. The number of sulfonamides is 1. The zero-order valence-corrected chi connectivity index (χ0v) is 19.9. The van der Waals surface area contributed by atoms with Crippen LogP contribution in [0.4, 0.5) is 5.69 Å². The maximum absolute atomic E-state index is 11.2. The van der Waals surface area contributed by atoms with E-state index < -0.39 is 14.9 Å². The molecule has 2 aromatic carbocycles. The van der Waals surface area contributed by atoms with Crippen molar-refractivity contribution in [2.75, 3.05) is 19.3 Å². The van der Waals surface area contributed by atoms with Crippen LogP contribution in [0.3, 0.4) is 0 Å². The molecule has 0 aliphatic rings. The van der Waals surface area contributed by atoms with E-state index in [1.54, 1.807) is 12.1 Å². The molecule has 3 N–H and O–H groups in total. The molecule has 0 aliphatic heterocycles. The highest BCUT2D eigenvalue weighted by atomic mass is 127. The highest BCUT2D eigenvalue weighted by molar-refractivity contribution is 14.0. The number of nitro groups is 1. The number of nitrogens with zero attached hydrogens (tertiary/aromatic N) is 2. The molecule has 0 aromatic heterocycles. The summed E-state index contributed by atoms with van der Waals surface area (Å²) in [7, 11) is -3.25. The van der Waals surface area contributed by atoms with Crippen LogP contribution >= 0.6 is 24.0 Å². The molecule has 30 heavy (non-hydrogen) atoms. The topological polar surface area (TPSA) is 126 Å². The van der Waals surface area contributed by atoms with Crippen LogP contribution in [0, 0.1) is 17.0 Å². The Labute approximate surface area is 193 Å². The van der Waals surface area contributed by atoms with E-state index in [-0.39, 0.29) is 36.2 Å². The van der Waals surface area contributed by atoms with Gasteiger partial charge in [-0.2, -0.15) is 0 Å². The number of non-ortho nitro benzene ring substituents is 1. The Balaban J connectivity index is 0.00000450. The standard InChI is InChI=1S/C19H25N5O4S.HI/c1-15-3-5-16(6-4-15)13-21-19(20-11-12-23-29(2,27)28)22-14-17-7-9-18(10-8-17)24(25)26;/h3-10,23H,11-14H2,1-2H3,(H2,20,21,22);1H. The molecule has 2 aromatic rings. The van der Waals surface area contributed by atoms with Gasteiger partial charge in [-0.1, -0.05) is 42.0 Å². The van der Waals surface area contributed by atoms with Crippen LogP contribution in [0.1, 0.15) is 16.7 Å². The third-order valence-electron chi connectivity index (χ3n) is 3.93.